The topological polar surface area (TPSA) is 137 Å². The van der Waals surface area contributed by atoms with Crippen molar-refractivity contribution in [3.05, 3.63) is 53.4 Å². The fourth-order valence-electron chi connectivity index (χ4n) is 5.17. The third kappa shape index (κ3) is 4.26. The number of carbonyl (C=O) groups excluding carboxylic acids is 1. The minimum Gasteiger partial charge on any atom is -0.383 e. The van der Waals surface area contributed by atoms with E-state index >= 15 is 0 Å². The minimum atomic E-state index is -4.60. The molecular weight excluding hydrogens is 544 g/mol. The summed E-state index contributed by atoms with van der Waals surface area (Å²) in [6.07, 6.45) is -5.64. The standard InChI is InChI=1S/C24H19F6N9O/c25-22(26,27)7-1-2-13-20-33-10-34-39(20)9-14(35-13)18-36-17(31)16-19(37-18)38-21(40)23(16,11-3-4-11)15-6-5-12(8-32-15)24(28,29)30/h5-6,8-11H,1-4,7H2,(H3,31,36,37,38,40). The molecule has 0 aromatic carbocycles. The Morgan fingerprint density at radius 2 is 1.85 bits per heavy atom. The molecule has 1 aliphatic heterocycles. The highest BCUT2D eigenvalue weighted by molar-refractivity contribution is 6.09. The first kappa shape index (κ1) is 25.9. The van der Waals surface area contributed by atoms with E-state index in [-0.39, 0.29) is 64.5 Å². The van der Waals surface area contributed by atoms with Crippen LogP contribution in [0.15, 0.2) is 30.9 Å². The Kier molecular flexibility index (Phi) is 5.71. The predicted octanol–water partition coefficient (Wildman–Crippen LogP) is 4.11. The number of halogens is 6. The number of alkyl halides is 6. The Morgan fingerprint density at radius 1 is 1.07 bits per heavy atom. The molecule has 1 amide bonds. The molecule has 0 saturated heterocycles. The molecule has 16 heteroatoms. The van der Waals surface area contributed by atoms with Gasteiger partial charge in [0.25, 0.3) is 0 Å². The molecular formula is C24H19F6N9O. The van der Waals surface area contributed by atoms with E-state index in [9.17, 15) is 31.1 Å². The Balaban J connectivity index is 1.42. The molecule has 0 radical (unpaired) electrons. The molecule has 1 saturated carbocycles. The van der Waals surface area contributed by atoms with Gasteiger partial charge in [-0.3, -0.25) is 9.78 Å². The quantitative estimate of drug-likeness (QED) is 0.335. The number of aromatic nitrogens is 7. The summed E-state index contributed by atoms with van der Waals surface area (Å²) < 4.78 is 78.9. The van der Waals surface area contributed by atoms with Crippen molar-refractivity contribution in [3.8, 4) is 11.5 Å². The molecule has 1 unspecified atom stereocenters. The maximum Gasteiger partial charge on any atom is 0.417 e. The fourth-order valence-corrected chi connectivity index (χ4v) is 5.17. The molecule has 4 aromatic rings. The van der Waals surface area contributed by atoms with Crippen molar-refractivity contribution in [2.24, 2.45) is 5.92 Å². The second-order valence-electron chi connectivity index (χ2n) is 9.69. The molecule has 5 heterocycles. The van der Waals surface area contributed by atoms with Crippen LogP contribution in [0.4, 0.5) is 38.0 Å². The largest absolute Gasteiger partial charge is 0.417 e. The summed E-state index contributed by atoms with van der Waals surface area (Å²) in [7, 11) is 0. The molecule has 1 fully saturated rings. The Labute approximate surface area is 221 Å². The monoisotopic (exact) mass is 563 g/mol. The molecule has 40 heavy (non-hydrogen) atoms. The van der Waals surface area contributed by atoms with Crippen LogP contribution in [0.5, 0.6) is 0 Å². The number of nitrogens with two attached hydrogens (primary N) is 1. The van der Waals surface area contributed by atoms with Crippen LogP contribution in [0.1, 0.15) is 48.2 Å². The number of hydrogen-bond acceptors (Lipinski definition) is 8. The Bertz CT molecular complexity index is 1630. The van der Waals surface area contributed by atoms with Crippen molar-refractivity contribution in [1.29, 1.82) is 0 Å². The molecule has 3 N–H and O–H groups in total. The van der Waals surface area contributed by atoms with Crippen LogP contribution in [0, 0.1) is 5.92 Å². The van der Waals surface area contributed by atoms with Gasteiger partial charge in [-0.15, -0.1) is 0 Å². The van der Waals surface area contributed by atoms with Gasteiger partial charge in [0, 0.05) is 12.6 Å². The molecule has 4 aromatic heterocycles. The molecule has 6 rings (SSSR count). The number of aryl methyl sites for hydroxylation is 1. The minimum absolute atomic E-state index is 0.0296. The number of pyridine rings is 1. The molecule has 1 atom stereocenters. The van der Waals surface area contributed by atoms with Crippen LogP contribution in [0.25, 0.3) is 17.2 Å². The van der Waals surface area contributed by atoms with E-state index in [4.69, 9.17) is 5.73 Å². The van der Waals surface area contributed by atoms with E-state index in [2.05, 4.69) is 35.3 Å². The van der Waals surface area contributed by atoms with Gasteiger partial charge in [-0.25, -0.2) is 24.5 Å². The van der Waals surface area contributed by atoms with Crippen LogP contribution in [-0.4, -0.2) is 46.6 Å². The van der Waals surface area contributed by atoms with Gasteiger partial charge in [-0.05, 0) is 43.7 Å². The SMILES string of the molecule is Nc1nc(-c2cn3ncnc3c(CCCC(F)(F)F)n2)nc2c1C(c1ccc(C(F)(F)F)cn1)(C1CC1)C(=O)N2. The summed E-state index contributed by atoms with van der Waals surface area (Å²) in [5.41, 5.74) is 4.88. The van der Waals surface area contributed by atoms with Crippen molar-refractivity contribution in [3.63, 3.8) is 0 Å². The summed E-state index contributed by atoms with van der Waals surface area (Å²) in [6.45, 7) is 0. The third-order valence-electron chi connectivity index (χ3n) is 7.04. The molecule has 2 aliphatic rings. The zero-order chi connectivity index (χ0) is 28.4. The number of nitrogens with zero attached hydrogens (tertiary/aromatic N) is 7. The van der Waals surface area contributed by atoms with Crippen LogP contribution < -0.4 is 11.1 Å². The van der Waals surface area contributed by atoms with Gasteiger partial charge in [0.2, 0.25) is 5.91 Å². The third-order valence-corrected chi connectivity index (χ3v) is 7.04. The lowest BCUT2D eigenvalue weighted by Crippen LogP contribution is -2.39. The Hall–Kier alpha value is -4.37. The van der Waals surface area contributed by atoms with Crippen LogP contribution >= 0.6 is 0 Å². The lowest BCUT2D eigenvalue weighted by atomic mass is 9.74. The van der Waals surface area contributed by atoms with Gasteiger partial charge in [-0.2, -0.15) is 31.4 Å². The van der Waals surface area contributed by atoms with E-state index in [1.54, 1.807) is 0 Å². The van der Waals surface area contributed by atoms with E-state index in [1.807, 2.05) is 0 Å². The first-order valence-corrected chi connectivity index (χ1v) is 12.2. The second kappa shape index (κ2) is 8.82. The van der Waals surface area contributed by atoms with Crippen molar-refractivity contribution in [2.75, 3.05) is 11.1 Å². The highest BCUT2D eigenvalue weighted by atomic mass is 19.4. The number of fused-ring (bicyclic) bond motifs is 2. The zero-order valence-electron chi connectivity index (χ0n) is 20.4. The Morgan fingerprint density at radius 3 is 2.50 bits per heavy atom. The molecule has 208 valence electrons. The van der Waals surface area contributed by atoms with E-state index in [0.29, 0.717) is 19.0 Å². The van der Waals surface area contributed by atoms with Gasteiger partial charge in [-0.1, -0.05) is 0 Å². The van der Waals surface area contributed by atoms with Gasteiger partial charge in [0.05, 0.1) is 28.7 Å². The summed E-state index contributed by atoms with van der Waals surface area (Å²) in [4.78, 5) is 34.8. The second-order valence-corrected chi connectivity index (χ2v) is 9.69. The summed E-state index contributed by atoms with van der Waals surface area (Å²) in [5.74, 6) is -0.896. The number of nitrogen functional groups attached to an aromatic ring is 1. The van der Waals surface area contributed by atoms with E-state index in [0.717, 1.165) is 12.1 Å². The van der Waals surface area contributed by atoms with Crippen LogP contribution in [0.2, 0.25) is 0 Å². The molecule has 1 aliphatic carbocycles. The van der Waals surface area contributed by atoms with Crippen molar-refractivity contribution < 1.29 is 31.1 Å². The normalized spacial score (nSPS) is 19.2. The maximum absolute atomic E-state index is 13.5. The number of rotatable bonds is 6. The first-order chi connectivity index (χ1) is 18.9. The summed E-state index contributed by atoms with van der Waals surface area (Å²) in [6, 6.07) is 2.03. The maximum atomic E-state index is 13.5. The first-order valence-electron chi connectivity index (χ1n) is 12.2. The fraction of sp³-hybridized carbons (Fsp3) is 0.375. The number of amides is 1. The molecule has 10 nitrogen and oxygen atoms in total. The van der Waals surface area contributed by atoms with Gasteiger partial charge < -0.3 is 11.1 Å². The average molecular weight is 563 g/mol. The van der Waals surface area contributed by atoms with Crippen LogP contribution in [0.3, 0.4) is 0 Å². The lowest BCUT2D eigenvalue weighted by Gasteiger charge is -2.27. The number of carbonyl (C=O) groups is 1. The van der Waals surface area contributed by atoms with Gasteiger partial charge in [0.15, 0.2) is 11.5 Å². The lowest BCUT2D eigenvalue weighted by molar-refractivity contribution is -0.138. The zero-order valence-corrected chi connectivity index (χ0v) is 20.4. The highest BCUT2D eigenvalue weighted by Crippen LogP contribution is 2.57. The number of hydrogen-bond donors (Lipinski definition) is 2. The number of nitrogens with one attached hydrogen (secondary N) is 1. The smallest absolute Gasteiger partial charge is 0.383 e. The van der Waals surface area contributed by atoms with Crippen molar-refractivity contribution >= 4 is 23.2 Å². The van der Waals surface area contributed by atoms with Crippen molar-refractivity contribution in [1.82, 2.24) is 34.5 Å². The summed E-state index contributed by atoms with van der Waals surface area (Å²) >= 11 is 0. The summed E-state index contributed by atoms with van der Waals surface area (Å²) in [5, 5.41) is 6.73. The van der Waals surface area contributed by atoms with Gasteiger partial charge >= 0.3 is 12.4 Å². The van der Waals surface area contributed by atoms with Crippen LogP contribution in [-0.2, 0) is 22.8 Å². The van der Waals surface area contributed by atoms with Crippen molar-refractivity contribution in [2.45, 2.75) is 49.9 Å². The number of anilines is 2. The highest BCUT2D eigenvalue weighted by Gasteiger charge is 2.60. The molecule has 0 bridgehead atoms. The average Bonchev–Trinajstić information content (AvgIpc) is 3.52. The van der Waals surface area contributed by atoms with E-state index < -0.39 is 35.7 Å². The van der Waals surface area contributed by atoms with Gasteiger partial charge in [0.1, 0.15) is 29.1 Å². The van der Waals surface area contributed by atoms with E-state index in [1.165, 1.54) is 17.0 Å². The molecule has 0 spiro atoms. The predicted molar refractivity (Wildman–Crippen MR) is 127 cm³/mol.